The number of likely N-dealkylation sites (tertiary alicyclic amines) is 1. The van der Waals surface area contributed by atoms with Crippen LogP contribution in [-0.2, 0) is 11.3 Å². The van der Waals surface area contributed by atoms with Gasteiger partial charge in [-0.25, -0.2) is 9.37 Å². The molecule has 4 rings (SSSR count). The van der Waals surface area contributed by atoms with E-state index < -0.39 is 0 Å². The molecule has 1 atom stereocenters. The van der Waals surface area contributed by atoms with Gasteiger partial charge in [-0.05, 0) is 56.2 Å². The van der Waals surface area contributed by atoms with Crippen LogP contribution in [0.5, 0.6) is 0 Å². The third-order valence-corrected chi connectivity index (χ3v) is 5.40. The Bertz CT molecular complexity index is 1040. The monoisotopic (exact) mass is 394 g/mol. The first-order valence-corrected chi connectivity index (χ1v) is 9.78. The fourth-order valence-electron chi connectivity index (χ4n) is 3.86. The number of halogens is 1. The van der Waals surface area contributed by atoms with Crippen LogP contribution in [0.2, 0.25) is 0 Å². The summed E-state index contributed by atoms with van der Waals surface area (Å²) in [5.74, 6) is -0.00392. The minimum Gasteiger partial charge on any atom is -0.350 e. The highest BCUT2D eigenvalue weighted by Crippen LogP contribution is 2.20. The molecule has 3 aromatic rings. The number of aryl methyl sites for hydroxylation is 1. The molecule has 1 aliphatic rings. The van der Waals surface area contributed by atoms with Gasteiger partial charge in [0.1, 0.15) is 11.6 Å². The number of rotatable bonds is 4. The minimum absolute atomic E-state index is 0.0728. The summed E-state index contributed by atoms with van der Waals surface area (Å²) in [5, 5.41) is 2.98. The topological polar surface area (TPSA) is 66.7 Å². The standard InChI is InChI=1S/C22H23FN4O2/c1-15-25-19(20-6-2-3-12-27(15)20)13-24-21(28)17-5-4-11-26(14-17)22(29)16-7-9-18(23)10-8-16/h2-3,6-10,12,17H,4-5,11,13-14H2,1H3,(H,24,28)/t17-/m1/s1. The number of pyridine rings is 1. The van der Waals surface area contributed by atoms with Crippen LogP contribution in [0, 0.1) is 18.7 Å². The van der Waals surface area contributed by atoms with Gasteiger partial charge in [0.05, 0.1) is 23.7 Å². The number of carbonyl (C=O) groups excluding carboxylic acids is 2. The van der Waals surface area contributed by atoms with E-state index in [1.165, 1.54) is 24.3 Å². The molecule has 150 valence electrons. The van der Waals surface area contributed by atoms with Crippen molar-refractivity contribution in [3.8, 4) is 0 Å². The lowest BCUT2D eigenvalue weighted by atomic mass is 9.96. The number of fused-ring (bicyclic) bond motifs is 1. The molecule has 2 aromatic heterocycles. The van der Waals surface area contributed by atoms with Gasteiger partial charge in [-0.1, -0.05) is 6.07 Å². The number of piperidine rings is 1. The number of nitrogens with zero attached hydrogens (tertiary/aromatic N) is 3. The molecule has 2 amide bonds. The van der Waals surface area contributed by atoms with Crippen molar-refractivity contribution in [2.45, 2.75) is 26.3 Å². The summed E-state index contributed by atoms with van der Waals surface area (Å²) in [6.45, 7) is 3.25. The molecular formula is C22H23FN4O2. The largest absolute Gasteiger partial charge is 0.350 e. The van der Waals surface area contributed by atoms with E-state index in [9.17, 15) is 14.0 Å². The molecule has 1 aromatic carbocycles. The number of carbonyl (C=O) groups is 2. The van der Waals surface area contributed by atoms with E-state index in [4.69, 9.17) is 0 Å². The lowest BCUT2D eigenvalue weighted by Gasteiger charge is -2.32. The van der Waals surface area contributed by atoms with Crippen molar-refractivity contribution in [3.63, 3.8) is 0 Å². The van der Waals surface area contributed by atoms with Crippen molar-refractivity contribution in [2.75, 3.05) is 13.1 Å². The van der Waals surface area contributed by atoms with Crippen LogP contribution >= 0.6 is 0 Å². The molecular weight excluding hydrogens is 371 g/mol. The highest BCUT2D eigenvalue weighted by molar-refractivity contribution is 5.94. The predicted molar refractivity (Wildman–Crippen MR) is 107 cm³/mol. The van der Waals surface area contributed by atoms with Crippen molar-refractivity contribution in [2.24, 2.45) is 5.92 Å². The molecule has 0 spiro atoms. The number of amides is 2. The maximum Gasteiger partial charge on any atom is 0.253 e. The van der Waals surface area contributed by atoms with Crippen LogP contribution in [0.25, 0.3) is 5.52 Å². The van der Waals surface area contributed by atoms with Crippen molar-refractivity contribution in [3.05, 3.63) is 71.6 Å². The van der Waals surface area contributed by atoms with Gasteiger partial charge in [-0.2, -0.15) is 0 Å². The second-order valence-electron chi connectivity index (χ2n) is 7.38. The Morgan fingerprint density at radius 2 is 2.00 bits per heavy atom. The zero-order chi connectivity index (χ0) is 20.4. The molecule has 1 N–H and O–H groups in total. The van der Waals surface area contributed by atoms with Crippen molar-refractivity contribution in [1.82, 2.24) is 19.6 Å². The van der Waals surface area contributed by atoms with Gasteiger partial charge in [0.25, 0.3) is 5.91 Å². The quantitative estimate of drug-likeness (QED) is 0.740. The second-order valence-corrected chi connectivity index (χ2v) is 7.38. The van der Waals surface area contributed by atoms with E-state index in [2.05, 4.69) is 10.3 Å². The molecule has 7 heteroatoms. The molecule has 1 saturated heterocycles. The summed E-state index contributed by atoms with van der Waals surface area (Å²) in [4.78, 5) is 31.6. The van der Waals surface area contributed by atoms with Gasteiger partial charge < -0.3 is 14.6 Å². The van der Waals surface area contributed by atoms with Crippen LogP contribution < -0.4 is 5.32 Å². The minimum atomic E-state index is -0.375. The van der Waals surface area contributed by atoms with Crippen LogP contribution in [0.15, 0.2) is 48.7 Å². The molecule has 3 heterocycles. The average Bonchev–Trinajstić information content (AvgIpc) is 3.08. The molecule has 0 aliphatic carbocycles. The molecule has 0 radical (unpaired) electrons. The molecule has 29 heavy (non-hydrogen) atoms. The lowest BCUT2D eigenvalue weighted by Crippen LogP contribution is -2.45. The summed E-state index contributed by atoms with van der Waals surface area (Å²) in [6.07, 6.45) is 3.45. The van der Waals surface area contributed by atoms with Crippen molar-refractivity contribution >= 4 is 17.3 Å². The number of hydrogen-bond donors (Lipinski definition) is 1. The van der Waals surface area contributed by atoms with E-state index in [1.54, 1.807) is 4.90 Å². The lowest BCUT2D eigenvalue weighted by molar-refractivity contribution is -0.126. The van der Waals surface area contributed by atoms with E-state index >= 15 is 0 Å². The molecule has 0 saturated carbocycles. The van der Waals surface area contributed by atoms with Gasteiger partial charge in [0.2, 0.25) is 5.91 Å². The van der Waals surface area contributed by atoms with Crippen LogP contribution in [0.4, 0.5) is 4.39 Å². The van der Waals surface area contributed by atoms with Gasteiger partial charge >= 0.3 is 0 Å². The maximum atomic E-state index is 13.1. The van der Waals surface area contributed by atoms with Crippen molar-refractivity contribution in [1.29, 1.82) is 0 Å². The molecule has 6 nitrogen and oxygen atoms in total. The van der Waals surface area contributed by atoms with E-state index in [0.29, 0.717) is 25.2 Å². The summed E-state index contributed by atoms with van der Waals surface area (Å²) in [5.41, 5.74) is 2.24. The van der Waals surface area contributed by atoms with Crippen LogP contribution in [0.1, 0.15) is 34.7 Å². The van der Waals surface area contributed by atoms with Crippen LogP contribution in [0.3, 0.4) is 0 Å². The highest BCUT2D eigenvalue weighted by Gasteiger charge is 2.29. The van der Waals surface area contributed by atoms with Gasteiger partial charge in [0, 0.05) is 24.8 Å². The Morgan fingerprint density at radius 1 is 1.21 bits per heavy atom. The number of imidazole rings is 1. The van der Waals surface area contributed by atoms with Gasteiger partial charge in [0.15, 0.2) is 0 Å². The summed E-state index contributed by atoms with van der Waals surface area (Å²) >= 11 is 0. The first kappa shape index (κ1) is 19.1. The number of hydrogen-bond acceptors (Lipinski definition) is 3. The normalized spacial score (nSPS) is 16.8. The molecule has 0 unspecified atom stereocenters. The molecule has 0 bridgehead atoms. The van der Waals surface area contributed by atoms with Crippen LogP contribution in [-0.4, -0.2) is 39.2 Å². The summed E-state index contributed by atoms with van der Waals surface area (Å²) in [6, 6.07) is 11.4. The van der Waals surface area contributed by atoms with Crippen molar-refractivity contribution < 1.29 is 14.0 Å². The number of aromatic nitrogens is 2. The fraction of sp³-hybridized carbons (Fsp3) is 0.318. The van der Waals surface area contributed by atoms with E-state index in [0.717, 1.165) is 29.9 Å². The van der Waals surface area contributed by atoms with E-state index in [1.807, 2.05) is 35.7 Å². The average molecular weight is 394 g/mol. The zero-order valence-corrected chi connectivity index (χ0v) is 16.3. The smallest absolute Gasteiger partial charge is 0.253 e. The third-order valence-electron chi connectivity index (χ3n) is 5.40. The Labute approximate surface area is 168 Å². The number of benzene rings is 1. The predicted octanol–water partition coefficient (Wildman–Crippen LogP) is 2.95. The molecule has 1 fully saturated rings. The van der Waals surface area contributed by atoms with Gasteiger partial charge in [-0.3, -0.25) is 9.59 Å². The number of nitrogens with one attached hydrogen (secondary N) is 1. The fourth-order valence-corrected chi connectivity index (χ4v) is 3.86. The van der Waals surface area contributed by atoms with Gasteiger partial charge in [-0.15, -0.1) is 0 Å². The Balaban J connectivity index is 1.39. The first-order chi connectivity index (χ1) is 14.0. The summed E-state index contributed by atoms with van der Waals surface area (Å²) < 4.78 is 15.1. The first-order valence-electron chi connectivity index (χ1n) is 9.78. The Kier molecular flexibility index (Phi) is 5.29. The third kappa shape index (κ3) is 3.99. The summed E-state index contributed by atoms with van der Waals surface area (Å²) in [7, 11) is 0. The highest BCUT2D eigenvalue weighted by atomic mass is 19.1. The van der Waals surface area contributed by atoms with E-state index in [-0.39, 0.29) is 23.5 Å². The Hall–Kier alpha value is -3.22. The zero-order valence-electron chi connectivity index (χ0n) is 16.3. The second kappa shape index (κ2) is 8.03. The Morgan fingerprint density at radius 3 is 2.79 bits per heavy atom. The maximum absolute atomic E-state index is 13.1. The SMILES string of the molecule is Cc1nc(CNC(=O)[C@@H]2CCCN(C(=O)c3ccc(F)cc3)C2)c2ccccn12. The molecule has 1 aliphatic heterocycles.